The molecular weight excluding hydrogens is 360 g/mol. The van der Waals surface area contributed by atoms with Crippen molar-refractivity contribution in [3.05, 3.63) is 52.2 Å². The Hall–Kier alpha value is -2.34. The second-order valence-electron chi connectivity index (χ2n) is 7.37. The number of hydrogen-bond acceptors (Lipinski definition) is 4. The zero-order valence-corrected chi connectivity index (χ0v) is 16.3. The minimum atomic E-state index is -0.292. The van der Waals surface area contributed by atoms with Gasteiger partial charge in [0.2, 0.25) is 5.91 Å². The molecular formula is C21H24N2O3S. The summed E-state index contributed by atoms with van der Waals surface area (Å²) in [5.41, 5.74) is 0.822. The van der Waals surface area contributed by atoms with Gasteiger partial charge in [-0.25, -0.2) is 0 Å². The molecule has 0 unspecified atom stereocenters. The van der Waals surface area contributed by atoms with Crippen molar-refractivity contribution in [3.63, 3.8) is 0 Å². The molecule has 142 valence electrons. The molecule has 0 bridgehead atoms. The lowest BCUT2D eigenvalue weighted by atomic mass is 9.76. The van der Waals surface area contributed by atoms with Gasteiger partial charge in [0, 0.05) is 45.3 Å². The van der Waals surface area contributed by atoms with Crippen LogP contribution in [0.1, 0.15) is 46.8 Å². The van der Waals surface area contributed by atoms with Crippen LogP contribution in [0.5, 0.6) is 5.75 Å². The first-order chi connectivity index (χ1) is 13.1. The summed E-state index contributed by atoms with van der Waals surface area (Å²) in [6.45, 7) is 1.37. The molecule has 4 rings (SSSR count). The van der Waals surface area contributed by atoms with Gasteiger partial charge in [-0.3, -0.25) is 9.59 Å². The average molecular weight is 385 g/mol. The number of nitrogens with one attached hydrogen (secondary N) is 1. The van der Waals surface area contributed by atoms with Gasteiger partial charge in [-0.15, -0.1) is 11.3 Å². The number of carbonyl (C=O) groups excluding carboxylic acids is 2. The van der Waals surface area contributed by atoms with Crippen molar-refractivity contribution in [1.82, 2.24) is 10.2 Å². The van der Waals surface area contributed by atoms with Crippen molar-refractivity contribution in [2.24, 2.45) is 0 Å². The summed E-state index contributed by atoms with van der Waals surface area (Å²) in [6, 6.07) is 11.8. The van der Waals surface area contributed by atoms with Crippen LogP contribution in [-0.2, 0) is 4.79 Å². The van der Waals surface area contributed by atoms with Crippen LogP contribution in [0, 0.1) is 0 Å². The Morgan fingerprint density at radius 2 is 2.00 bits per heavy atom. The van der Waals surface area contributed by atoms with E-state index in [4.69, 9.17) is 4.74 Å². The largest absolute Gasteiger partial charge is 0.487 e. The van der Waals surface area contributed by atoms with Crippen LogP contribution in [0.4, 0.5) is 0 Å². The SMILES string of the molecule is CNC(=O)C[C@H]1CC2(CCN(C(=O)c3cccs3)CC2)Oc2ccccc21. The third-order valence-corrected chi connectivity index (χ3v) is 6.57. The first kappa shape index (κ1) is 18.0. The minimum absolute atomic E-state index is 0.0529. The van der Waals surface area contributed by atoms with Crippen molar-refractivity contribution in [2.75, 3.05) is 20.1 Å². The summed E-state index contributed by atoms with van der Waals surface area (Å²) >= 11 is 1.49. The molecule has 1 N–H and O–H groups in total. The summed E-state index contributed by atoms with van der Waals surface area (Å²) in [6.07, 6.45) is 2.88. The number of amides is 2. The maximum atomic E-state index is 12.6. The van der Waals surface area contributed by atoms with E-state index in [1.807, 2.05) is 40.6 Å². The lowest BCUT2D eigenvalue weighted by Gasteiger charge is -2.46. The quantitative estimate of drug-likeness (QED) is 0.882. The topological polar surface area (TPSA) is 58.6 Å². The summed E-state index contributed by atoms with van der Waals surface area (Å²) in [7, 11) is 1.68. The molecule has 2 aliphatic rings. The molecule has 1 aromatic carbocycles. The van der Waals surface area contributed by atoms with Crippen molar-refractivity contribution in [1.29, 1.82) is 0 Å². The van der Waals surface area contributed by atoms with Gasteiger partial charge in [-0.05, 0) is 29.5 Å². The molecule has 2 aromatic rings. The molecule has 0 saturated carbocycles. The van der Waals surface area contributed by atoms with Crippen LogP contribution in [0.2, 0.25) is 0 Å². The highest BCUT2D eigenvalue weighted by atomic mass is 32.1. The summed E-state index contributed by atoms with van der Waals surface area (Å²) in [5, 5.41) is 4.67. The number of likely N-dealkylation sites (tertiary alicyclic amines) is 1. The van der Waals surface area contributed by atoms with E-state index < -0.39 is 0 Å². The zero-order chi connectivity index (χ0) is 18.9. The highest BCUT2D eigenvalue weighted by molar-refractivity contribution is 7.12. The third-order valence-electron chi connectivity index (χ3n) is 5.71. The Bertz CT molecular complexity index is 826. The molecule has 27 heavy (non-hydrogen) atoms. The summed E-state index contributed by atoms with van der Waals surface area (Å²) < 4.78 is 6.46. The van der Waals surface area contributed by atoms with Gasteiger partial charge in [0.25, 0.3) is 5.91 Å². The molecule has 5 nitrogen and oxygen atoms in total. The number of hydrogen-bond donors (Lipinski definition) is 1. The van der Waals surface area contributed by atoms with Crippen LogP contribution in [0.25, 0.3) is 0 Å². The van der Waals surface area contributed by atoms with Crippen LogP contribution >= 0.6 is 11.3 Å². The number of ether oxygens (including phenoxy) is 1. The van der Waals surface area contributed by atoms with E-state index in [2.05, 4.69) is 11.4 Å². The van der Waals surface area contributed by atoms with E-state index in [-0.39, 0.29) is 23.3 Å². The van der Waals surface area contributed by atoms with E-state index in [1.165, 1.54) is 11.3 Å². The number of para-hydroxylation sites is 1. The molecule has 3 heterocycles. The third kappa shape index (κ3) is 3.58. The molecule has 0 radical (unpaired) electrons. The molecule has 1 saturated heterocycles. The molecule has 2 amide bonds. The van der Waals surface area contributed by atoms with Crippen molar-refractivity contribution in [3.8, 4) is 5.75 Å². The molecule has 1 atom stereocenters. The fraction of sp³-hybridized carbons (Fsp3) is 0.429. The van der Waals surface area contributed by atoms with Gasteiger partial charge in [-0.2, -0.15) is 0 Å². The Labute approximate surface area is 163 Å². The summed E-state index contributed by atoms with van der Waals surface area (Å²) in [4.78, 5) is 27.4. The summed E-state index contributed by atoms with van der Waals surface area (Å²) in [5.74, 6) is 1.19. The first-order valence-corrected chi connectivity index (χ1v) is 10.3. The number of thiophene rings is 1. The maximum absolute atomic E-state index is 12.6. The average Bonchev–Trinajstić information content (AvgIpc) is 3.23. The minimum Gasteiger partial charge on any atom is -0.487 e. The van der Waals surface area contributed by atoms with E-state index in [9.17, 15) is 9.59 Å². The highest BCUT2D eigenvalue weighted by Crippen LogP contribution is 2.46. The molecule has 1 aromatic heterocycles. The van der Waals surface area contributed by atoms with Gasteiger partial charge in [0.15, 0.2) is 0 Å². The van der Waals surface area contributed by atoms with E-state index in [0.29, 0.717) is 19.5 Å². The van der Waals surface area contributed by atoms with E-state index in [1.54, 1.807) is 7.05 Å². The normalized spacial score (nSPS) is 20.6. The monoisotopic (exact) mass is 384 g/mol. The highest BCUT2D eigenvalue weighted by Gasteiger charge is 2.44. The van der Waals surface area contributed by atoms with Gasteiger partial charge in [0.05, 0.1) is 4.88 Å². The number of nitrogens with zero attached hydrogens (tertiary/aromatic N) is 1. The van der Waals surface area contributed by atoms with Crippen molar-refractivity contribution in [2.45, 2.75) is 37.2 Å². The molecule has 6 heteroatoms. The van der Waals surface area contributed by atoms with Gasteiger partial charge in [0.1, 0.15) is 11.4 Å². The lowest BCUT2D eigenvalue weighted by molar-refractivity contribution is -0.121. The number of piperidine rings is 1. The van der Waals surface area contributed by atoms with Gasteiger partial charge in [-0.1, -0.05) is 24.3 Å². The van der Waals surface area contributed by atoms with Crippen LogP contribution in [0.3, 0.4) is 0 Å². The van der Waals surface area contributed by atoms with Crippen LogP contribution < -0.4 is 10.1 Å². The molecule has 0 aliphatic carbocycles. The van der Waals surface area contributed by atoms with E-state index in [0.717, 1.165) is 35.5 Å². The fourth-order valence-electron chi connectivity index (χ4n) is 4.23. The number of fused-ring (bicyclic) bond motifs is 1. The molecule has 1 spiro atoms. The van der Waals surface area contributed by atoms with Crippen LogP contribution in [0.15, 0.2) is 41.8 Å². The second-order valence-corrected chi connectivity index (χ2v) is 8.32. The standard InChI is InChI=1S/C21H24N2O3S/c1-22-19(24)13-15-14-21(26-17-6-3-2-5-16(15)17)8-10-23(11-9-21)20(25)18-7-4-12-27-18/h2-7,12,15H,8-11,13-14H2,1H3,(H,22,24)/t15-/m0/s1. The van der Waals surface area contributed by atoms with Crippen molar-refractivity contribution >= 4 is 23.2 Å². The Morgan fingerprint density at radius 1 is 1.22 bits per heavy atom. The number of carbonyl (C=O) groups is 2. The number of benzene rings is 1. The van der Waals surface area contributed by atoms with Gasteiger partial charge < -0.3 is 15.0 Å². The zero-order valence-electron chi connectivity index (χ0n) is 15.4. The molecule has 2 aliphatic heterocycles. The smallest absolute Gasteiger partial charge is 0.263 e. The number of rotatable bonds is 3. The van der Waals surface area contributed by atoms with E-state index >= 15 is 0 Å². The Kier molecular flexibility index (Phi) is 4.91. The molecule has 1 fully saturated rings. The Morgan fingerprint density at radius 3 is 2.70 bits per heavy atom. The predicted molar refractivity (Wildman–Crippen MR) is 105 cm³/mol. The van der Waals surface area contributed by atoms with Crippen molar-refractivity contribution < 1.29 is 14.3 Å². The maximum Gasteiger partial charge on any atom is 0.263 e. The van der Waals surface area contributed by atoms with Gasteiger partial charge >= 0.3 is 0 Å². The predicted octanol–water partition coefficient (Wildman–Crippen LogP) is 3.43. The lowest BCUT2D eigenvalue weighted by Crippen LogP contribution is -2.52. The van der Waals surface area contributed by atoms with Crippen LogP contribution in [-0.4, -0.2) is 42.5 Å². The second kappa shape index (κ2) is 7.35. The fourth-order valence-corrected chi connectivity index (χ4v) is 4.92. The Balaban J connectivity index is 1.51. The first-order valence-electron chi connectivity index (χ1n) is 9.41.